The first-order valence-corrected chi connectivity index (χ1v) is 8.08. The topological polar surface area (TPSA) is 63.8 Å². The predicted octanol–water partition coefficient (Wildman–Crippen LogP) is 3.42. The van der Waals surface area contributed by atoms with E-state index in [1.807, 2.05) is 44.4 Å². The van der Waals surface area contributed by atoms with Crippen LogP contribution in [0.3, 0.4) is 0 Å². The van der Waals surface area contributed by atoms with E-state index in [2.05, 4.69) is 11.9 Å². The second kappa shape index (κ2) is 7.27. The summed E-state index contributed by atoms with van der Waals surface area (Å²) < 4.78 is 1.78. The number of benzene rings is 1. The Balaban J connectivity index is 0.000000847. The summed E-state index contributed by atoms with van der Waals surface area (Å²) in [5, 5.41) is 2.93. The van der Waals surface area contributed by atoms with Gasteiger partial charge in [-0.3, -0.25) is 4.79 Å². The highest BCUT2D eigenvalue weighted by Gasteiger charge is 2.10. The lowest BCUT2D eigenvalue weighted by Crippen LogP contribution is -2.19. The summed E-state index contributed by atoms with van der Waals surface area (Å²) in [6, 6.07) is 5.94. The zero-order chi connectivity index (χ0) is 16.1. The van der Waals surface area contributed by atoms with Gasteiger partial charge < -0.3 is 15.3 Å². The predicted molar refractivity (Wildman–Crippen MR) is 94.5 cm³/mol. The number of hydrogen-bond donors (Lipinski definition) is 2. The van der Waals surface area contributed by atoms with E-state index >= 15 is 0 Å². The Hall–Kier alpha value is -2.07. The first-order valence-electron chi connectivity index (χ1n) is 8.08. The van der Waals surface area contributed by atoms with Gasteiger partial charge in [0.25, 0.3) is 5.56 Å². The van der Waals surface area contributed by atoms with Crippen LogP contribution in [-0.4, -0.2) is 16.1 Å². The van der Waals surface area contributed by atoms with Crippen LogP contribution in [-0.2, 0) is 13.0 Å². The molecule has 0 saturated carbocycles. The number of H-pyrrole nitrogens is 1. The number of hydrogen-bond acceptors (Lipinski definition) is 2. The molecule has 118 valence electrons. The summed E-state index contributed by atoms with van der Waals surface area (Å²) in [5.41, 5.74) is 8.00. The van der Waals surface area contributed by atoms with Crippen LogP contribution in [0.1, 0.15) is 32.8 Å². The maximum absolute atomic E-state index is 12.5. The van der Waals surface area contributed by atoms with E-state index in [9.17, 15) is 4.79 Å². The number of nitrogens with one attached hydrogen (secondary N) is 1. The lowest BCUT2D eigenvalue weighted by atomic mass is 10.0. The Morgan fingerprint density at radius 3 is 2.64 bits per heavy atom. The van der Waals surface area contributed by atoms with Crippen LogP contribution < -0.4 is 11.3 Å². The molecule has 0 bridgehead atoms. The standard InChI is InChI=1S/C16H19N3O.C2H6/c1-2-8-19-9-6-12-13(16(19)20)3-4-14-15(12)11(5-7-17)10-18-14;1-2/h3-4,6,9-10,18H,2,5,7-8,17H2,1H3;1-2H3. The number of aryl methyl sites for hydroxylation is 1. The van der Waals surface area contributed by atoms with E-state index in [4.69, 9.17) is 5.73 Å². The van der Waals surface area contributed by atoms with Gasteiger partial charge >= 0.3 is 0 Å². The van der Waals surface area contributed by atoms with Crippen molar-refractivity contribution in [3.63, 3.8) is 0 Å². The van der Waals surface area contributed by atoms with Gasteiger partial charge in [-0.1, -0.05) is 20.8 Å². The fourth-order valence-electron chi connectivity index (χ4n) is 2.84. The highest BCUT2D eigenvalue weighted by atomic mass is 16.1. The number of aromatic amines is 1. The smallest absolute Gasteiger partial charge is 0.258 e. The molecule has 0 unspecified atom stereocenters. The van der Waals surface area contributed by atoms with Crippen LogP contribution in [0, 0.1) is 0 Å². The third kappa shape index (κ3) is 2.79. The monoisotopic (exact) mass is 299 g/mol. The molecule has 0 amide bonds. The second-order valence-corrected chi connectivity index (χ2v) is 5.12. The van der Waals surface area contributed by atoms with E-state index in [-0.39, 0.29) is 5.56 Å². The fraction of sp³-hybridized carbons (Fsp3) is 0.389. The molecule has 0 aliphatic carbocycles. The van der Waals surface area contributed by atoms with Crippen LogP contribution in [0.4, 0.5) is 0 Å². The maximum Gasteiger partial charge on any atom is 0.258 e. The van der Waals surface area contributed by atoms with Crippen molar-refractivity contribution in [2.75, 3.05) is 6.54 Å². The van der Waals surface area contributed by atoms with Crippen molar-refractivity contribution in [1.29, 1.82) is 0 Å². The van der Waals surface area contributed by atoms with Gasteiger partial charge in [0.2, 0.25) is 0 Å². The third-order valence-electron chi connectivity index (χ3n) is 3.76. The van der Waals surface area contributed by atoms with Crippen LogP contribution >= 0.6 is 0 Å². The quantitative estimate of drug-likeness (QED) is 0.775. The van der Waals surface area contributed by atoms with E-state index in [1.165, 1.54) is 5.56 Å². The molecule has 0 radical (unpaired) electrons. The Morgan fingerprint density at radius 2 is 1.95 bits per heavy atom. The Morgan fingerprint density at radius 1 is 1.18 bits per heavy atom. The van der Waals surface area contributed by atoms with Gasteiger partial charge in [0.05, 0.1) is 0 Å². The van der Waals surface area contributed by atoms with Gasteiger partial charge in [0.1, 0.15) is 0 Å². The van der Waals surface area contributed by atoms with Crippen molar-refractivity contribution in [2.24, 2.45) is 5.73 Å². The molecule has 2 heterocycles. The first-order chi connectivity index (χ1) is 10.8. The molecule has 0 aliphatic rings. The minimum absolute atomic E-state index is 0.0890. The molecule has 4 nitrogen and oxygen atoms in total. The Bertz CT molecular complexity index is 814. The minimum atomic E-state index is 0.0890. The van der Waals surface area contributed by atoms with Crippen molar-refractivity contribution < 1.29 is 0 Å². The van der Waals surface area contributed by atoms with Gasteiger partial charge in [-0.15, -0.1) is 0 Å². The van der Waals surface area contributed by atoms with Gasteiger partial charge in [-0.2, -0.15) is 0 Å². The van der Waals surface area contributed by atoms with E-state index < -0.39 is 0 Å². The fourth-order valence-corrected chi connectivity index (χ4v) is 2.84. The SMILES string of the molecule is CC.CCCn1ccc2c(ccc3[nH]cc(CCN)c32)c1=O. The molecule has 3 aromatic rings. The van der Waals surface area contributed by atoms with Gasteiger partial charge in [-0.05, 0) is 48.5 Å². The van der Waals surface area contributed by atoms with Crippen molar-refractivity contribution in [3.05, 3.63) is 46.5 Å². The zero-order valence-electron chi connectivity index (χ0n) is 13.6. The molecule has 22 heavy (non-hydrogen) atoms. The summed E-state index contributed by atoms with van der Waals surface area (Å²) in [6.45, 7) is 7.44. The Labute approximate surface area is 130 Å². The summed E-state index contributed by atoms with van der Waals surface area (Å²) in [5.74, 6) is 0. The van der Waals surface area contributed by atoms with Crippen molar-refractivity contribution in [2.45, 2.75) is 40.2 Å². The highest BCUT2D eigenvalue weighted by Crippen LogP contribution is 2.26. The molecule has 3 rings (SSSR count). The summed E-state index contributed by atoms with van der Waals surface area (Å²) in [7, 11) is 0. The molecule has 1 aromatic carbocycles. The molecule has 0 spiro atoms. The molecule has 0 saturated heterocycles. The first kappa shape index (κ1) is 16.3. The molecule has 0 atom stereocenters. The lowest BCUT2D eigenvalue weighted by molar-refractivity contribution is 0.659. The van der Waals surface area contributed by atoms with Crippen molar-refractivity contribution in [1.82, 2.24) is 9.55 Å². The van der Waals surface area contributed by atoms with Crippen LogP contribution in [0.5, 0.6) is 0 Å². The number of fused-ring (bicyclic) bond motifs is 3. The Kier molecular flexibility index (Phi) is 5.39. The zero-order valence-corrected chi connectivity index (χ0v) is 13.6. The maximum atomic E-state index is 12.5. The molecular weight excluding hydrogens is 274 g/mol. The van der Waals surface area contributed by atoms with E-state index in [0.717, 1.165) is 41.1 Å². The number of aromatic nitrogens is 2. The lowest BCUT2D eigenvalue weighted by Gasteiger charge is -2.07. The van der Waals surface area contributed by atoms with Gasteiger partial charge in [0, 0.05) is 35.2 Å². The van der Waals surface area contributed by atoms with Gasteiger partial charge in [-0.25, -0.2) is 0 Å². The highest BCUT2D eigenvalue weighted by molar-refractivity contribution is 6.07. The van der Waals surface area contributed by atoms with Crippen LogP contribution in [0.2, 0.25) is 0 Å². The number of nitrogens with zero attached hydrogens (tertiary/aromatic N) is 1. The van der Waals surface area contributed by atoms with Crippen molar-refractivity contribution >= 4 is 21.7 Å². The minimum Gasteiger partial charge on any atom is -0.361 e. The average Bonchev–Trinajstić information content (AvgIpc) is 2.96. The van der Waals surface area contributed by atoms with E-state index in [1.54, 1.807) is 4.57 Å². The molecule has 4 heteroatoms. The molecule has 3 N–H and O–H groups in total. The summed E-state index contributed by atoms with van der Waals surface area (Å²) in [4.78, 5) is 15.7. The third-order valence-corrected chi connectivity index (χ3v) is 3.76. The number of nitrogens with two attached hydrogens (primary N) is 1. The van der Waals surface area contributed by atoms with Crippen LogP contribution in [0.25, 0.3) is 21.7 Å². The average molecular weight is 299 g/mol. The van der Waals surface area contributed by atoms with Crippen LogP contribution in [0.15, 0.2) is 35.4 Å². The molecule has 0 aliphatic heterocycles. The largest absolute Gasteiger partial charge is 0.361 e. The number of pyridine rings is 1. The second-order valence-electron chi connectivity index (χ2n) is 5.12. The molecule has 2 aromatic heterocycles. The summed E-state index contributed by atoms with van der Waals surface area (Å²) in [6.07, 6.45) is 5.66. The normalized spacial score (nSPS) is 10.7. The van der Waals surface area contributed by atoms with Crippen molar-refractivity contribution in [3.8, 4) is 0 Å². The molecular formula is C18H25N3O. The van der Waals surface area contributed by atoms with Gasteiger partial charge in [0.15, 0.2) is 0 Å². The summed E-state index contributed by atoms with van der Waals surface area (Å²) >= 11 is 0. The number of rotatable bonds is 4. The molecule has 0 fully saturated rings. The van der Waals surface area contributed by atoms with E-state index in [0.29, 0.717) is 6.54 Å².